The van der Waals surface area contributed by atoms with Crippen LogP contribution in [0, 0.1) is 12.3 Å². The summed E-state index contributed by atoms with van der Waals surface area (Å²) in [7, 11) is -6.00. The van der Waals surface area contributed by atoms with Gasteiger partial charge in [0.2, 0.25) is 23.9 Å². The number of nitrogens with one attached hydrogen (secondary N) is 2. The van der Waals surface area contributed by atoms with Gasteiger partial charge in [-0.25, -0.2) is 0 Å². The lowest BCUT2D eigenvalue weighted by Crippen LogP contribution is -2.41. The van der Waals surface area contributed by atoms with E-state index in [1.165, 1.54) is 36.0 Å². The molecule has 39 heavy (non-hydrogen) atoms. The highest BCUT2D eigenvalue weighted by Crippen LogP contribution is 2.29. The molecule has 0 saturated carbocycles. The maximum atomic E-state index is 12.4. The van der Waals surface area contributed by atoms with Crippen LogP contribution in [0.4, 0.5) is 23.0 Å². The number of carbonyl (C=O) groups is 2. The number of nitrogens with zero attached hydrogens (tertiary/aromatic N) is 3. The number of thiol groups is 1. The van der Waals surface area contributed by atoms with E-state index < -0.39 is 7.25 Å². The Kier molecular flexibility index (Phi) is 11.8. The molecule has 2 N–H and O–H groups in total. The van der Waals surface area contributed by atoms with Crippen LogP contribution in [0.5, 0.6) is 0 Å². The molecule has 7 nitrogen and oxygen atoms in total. The molecule has 0 fully saturated rings. The highest BCUT2D eigenvalue weighted by Gasteiger charge is 2.23. The molecule has 0 spiro atoms. The monoisotopic (exact) mass is 601 g/mol. The molecule has 2 heterocycles. The lowest BCUT2D eigenvalue weighted by molar-refractivity contribution is -0.667. The second kappa shape index (κ2) is 14.8. The van der Waals surface area contributed by atoms with Crippen molar-refractivity contribution in [3.05, 3.63) is 35.5 Å². The van der Waals surface area contributed by atoms with E-state index in [1.54, 1.807) is 11.9 Å². The lowest BCUT2D eigenvalue weighted by atomic mass is 9.94. The molecule has 1 aliphatic carbocycles. The van der Waals surface area contributed by atoms with E-state index >= 15 is 0 Å². The Morgan fingerprint density at radius 1 is 1.18 bits per heavy atom. The average Bonchev–Trinajstić information content (AvgIpc) is 3.29. The summed E-state index contributed by atoms with van der Waals surface area (Å²) in [5.41, 5.74) is 4.48. The first kappa shape index (κ1) is 31.1. The summed E-state index contributed by atoms with van der Waals surface area (Å²) in [5, 5.41) is 6.85. The number of halogens is 4. The Hall–Kier alpha value is -2.41. The van der Waals surface area contributed by atoms with Crippen molar-refractivity contribution >= 4 is 76.6 Å². The van der Waals surface area contributed by atoms with Gasteiger partial charge in [-0.2, -0.15) is 8.28 Å². The summed E-state index contributed by atoms with van der Waals surface area (Å²) in [6.45, 7) is 1.68. The third kappa shape index (κ3) is 10.6. The fourth-order valence-corrected chi connectivity index (χ4v) is 6.31. The first-order valence-electron chi connectivity index (χ1n) is 12.2. The number of hydrogen-bond acceptors (Lipinski definition) is 6. The molecule has 0 radical (unpaired) electrons. The second-order valence-electron chi connectivity index (χ2n) is 8.62. The predicted octanol–water partition coefficient (Wildman–Crippen LogP) is 4.63. The number of fused-ring (bicyclic) bond motifs is 2. The molecule has 2 aromatic rings. The van der Waals surface area contributed by atoms with Gasteiger partial charge in [0.15, 0.2) is 5.69 Å². The lowest BCUT2D eigenvalue weighted by Gasteiger charge is -2.16. The minimum absolute atomic E-state index is 0.128. The van der Waals surface area contributed by atoms with Gasteiger partial charge in [0, 0.05) is 54.3 Å². The van der Waals surface area contributed by atoms with Crippen molar-refractivity contribution in [2.24, 2.45) is 4.99 Å². The SMILES string of the molecule is C#CC[n+]1c2c(cc3cc(NC(=O)CCC(=O)NCCSN4CN=C(S)S4)ccc31)CCCC2.F[B-](F)(F)F. The number of carbonyl (C=O) groups excluding carboxylic acids is 2. The number of rotatable bonds is 9. The van der Waals surface area contributed by atoms with Crippen LogP contribution in [-0.2, 0) is 29.0 Å². The zero-order valence-electron chi connectivity index (χ0n) is 21.0. The molecule has 0 unspecified atom stereocenters. The number of pyridine rings is 1. The third-order valence-electron chi connectivity index (χ3n) is 5.73. The molecular formula is C24H28BF4N5O2S3. The summed E-state index contributed by atoms with van der Waals surface area (Å²) < 4.78 is 44.0. The molecule has 0 saturated heterocycles. The molecule has 210 valence electrons. The maximum absolute atomic E-state index is 12.4. The van der Waals surface area contributed by atoms with Gasteiger partial charge in [-0.3, -0.25) is 14.6 Å². The standard InChI is InChI=1S/C24H27N5O2S3.BF4/c1-2-12-28-20-6-4-3-5-17(20)14-18-15-19(7-8-21(18)28)27-23(31)10-9-22(30)25-11-13-33-29-16-26-24(32)34-29;2-1(3,4)5/h1,7-8,14-15H,3-6,9-13,16H2,(H2-,25,26,27,30,31,32);/q;-1/p+1. The van der Waals surface area contributed by atoms with E-state index in [0.717, 1.165) is 39.6 Å². The number of amides is 2. The maximum Gasteiger partial charge on any atom is 0.673 e. The van der Waals surface area contributed by atoms with Gasteiger partial charge in [-0.15, -0.1) is 19.1 Å². The van der Waals surface area contributed by atoms with Crippen LogP contribution in [0.25, 0.3) is 10.9 Å². The number of aliphatic imine (C=N–C) groups is 1. The normalized spacial score (nSPS) is 15.0. The van der Waals surface area contributed by atoms with Crippen molar-refractivity contribution < 1.29 is 31.4 Å². The Morgan fingerprint density at radius 3 is 2.59 bits per heavy atom. The zero-order chi connectivity index (χ0) is 28.4. The number of aryl methyl sites for hydroxylation is 1. The molecule has 1 aromatic carbocycles. The van der Waals surface area contributed by atoms with Crippen molar-refractivity contribution in [3.63, 3.8) is 0 Å². The van der Waals surface area contributed by atoms with E-state index in [0.29, 0.717) is 19.8 Å². The van der Waals surface area contributed by atoms with Gasteiger partial charge < -0.3 is 27.9 Å². The van der Waals surface area contributed by atoms with E-state index in [1.807, 2.05) is 21.9 Å². The first-order valence-corrected chi connectivity index (χ1v) is 14.4. The topological polar surface area (TPSA) is 77.7 Å². The van der Waals surface area contributed by atoms with Crippen molar-refractivity contribution in [1.82, 2.24) is 9.03 Å². The molecule has 2 aliphatic rings. The van der Waals surface area contributed by atoms with Gasteiger partial charge in [0.05, 0.1) is 0 Å². The van der Waals surface area contributed by atoms with Crippen LogP contribution in [0.3, 0.4) is 0 Å². The molecule has 1 aromatic heterocycles. The van der Waals surface area contributed by atoms with Crippen LogP contribution in [0.1, 0.15) is 36.9 Å². The number of hydrogen-bond donors (Lipinski definition) is 3. The highest BCUT2D eigenvalue weighted by molar-refractivity contribution is 8.34. The number of aromatic nitrogens is 1. The van der Waals surface area contributed by atoms with Crippen LogP contribution in [0.2, 0.25) is 0 Å². The minimum atomic E-state index is -6.00. The zero-order valence-corrected chi connectivity index (χ0v) is 23.5. The van der Waals surface area contributed by atoms with Crippen molar-refractivity contribution in [3.8, 4) is 12.3 Å². The van der Waals surface area contributed by atoms with E-state index in [-0.39, 0.29) is 24.7 Å². The van der Waals surface area contributed by atoms with E-state index in [2.05, 4.69) is 44.8 Å². The summed E-state index contributed by atoms with van der Waals surface area (Å²) in [6, 6.07) is 8.13. The Labute approximate surface area is 238 Å². The fourth-order valence-electron chi connectivity index (χ4n) is 4.19. The summed E-state index contributed by atoms with van der Waals surface area (Å²) >= 11 is 7.28. The van der Waals surface area contributed by atoms with E-state index in [4.69, 9.17) is 6.42 Å². The molecule has 4 rings (SSSR count). The van der Waals surface area contributed by atoms with Gasteiger partial charge in [0.25, 0.3) is 0 Å². The first-order chi connectivity index (χ1) is 18.5. The largest absolute Gasteiger partial charge is 0.673 e. The van der Waals surface area contributed by atoms with Crippen molar-refractivity contribution in [1.29, 1.82) is 0 Å². The van der Waals surface area contributed by atoms with Crippen molar-refractivity contribution in [2.75, 3.05) is 24.3 Å². The summed E-state index contributed by atoms with van der Waals surface area (Å²) in [5.74, 6) is 3.21. The number of benzene rings is 1. The van der Waals surface area contributed by atoms with Crippen LogP contribution < -0.4 is 15.2 Å². The Morgan fingerprint density at radius 2 is 1.90 bits per heavy atom. The predicted molar refractivity (Wildman–Crippen MR) is 154 cm³/mol. The van der Waals surface area contributed by atoms with Crippen LogP contribution >= 0.6 is 36.5 Å². The molecule has 0 bridgehead atoms. The summed E-state index contributed by atoms with van der Waals surface area (Å²) in [4.78, 5) is 28.7. The van der Waals surface area contributed by atoms with Gasteiger partial charge in [-0.1, -0.05) is 11.9 Å². The fraction of sp³-hybridized carbons (Fsp3) is 0.417. The highest BCUT2D eigenvalue weighted by atomic mass is 32.2. The van der Waals surface area contributed by atoms with E-state index in [9.17, 15) is 26.9 Å². The molecule has 2 amide bonds. The number of terminal acetylenes is 1. The smallest absolute Gasteiger partial charge is 0.418 e. The van der Waals surface area contributed by atoms with Gasteiger partial charge in [-0.05, 0) is 55.3 Å². The Balaban J connectivity index is 0.000000771. The van der Waals surface area contributed by atoms with Gasteiger partial charge >= 0.3 is 7.25 Å². The van der Waals surface area contributed by atoms with Crippen molar-refractivity contribution in [2.45, 2.75) is 45.1 Å². The quantitative estimate of drug-likeness (QED) is 0.0744. The van der Waals surface area contributed by atoms with Gasteiger partial charge in [0.1, 0.15) is 11.0 Å². The second-order valence-corrected chi connectivity index (χ2v) is 11.7. The number of anilines is 1. The molecular weight excluding hydrogens is 573 g/mol. The Bertz CT molecular complexity index is 1270. The van der Waals surface area contributed by atoms with Crippen LogP contribution in [0.15, 0.2) is 29.3 Å². The van der Waals surface area contributed by atoms with Crippen LogP contribution in [-0.4, -0.2) is 46.1 Å². The average molecular weight is 602 g/mol. The molecule has 0 atom stereocenters. The molecule has 15 heteroatoms. The summed E-state index contributed by atoms with van der Waals surface area (Å²) in [6.07, 6.45) is 10.4. The molecule has 1 aliphatic heterocycles. The minimum Gasteiger partial charge on any atom is -0.418 e. The third-order valence-corrected chi connectivity index (χ3v) is 8.06.